The smallest absolute Gasteiger partial charge is 0.261 e. The molecular weight excluding hydrogens is 286 g/mol. The predicted molar refractivity (Wildman–Crippen MR) is 73.9 cm³/mol. The molecule has 1 N–H and O–H groups in total. The second kappa shape index (κ2) is 4.49. The summed E-state index contributed by atoms with van der Waals surface area (Å²) in [7, 11) is 1.51. The van der Waals surface area contributed by atoms with Crippen LogP contribution in [-0.4, -0.2) is 20.4 Å². The van der Waals surface area contributed by atoms with E-state index in [1.165, 1.54) is 18.2 Å². The second-order valence-electron chi connectivity index (χ2n) is 5.63. The van der Waals surface area contributed by atoms with Gasteiger partial charge in [-0.3, -0.25) is 4.79 Å². The maximum atomic E-state index is 12.1. The number of halogens is 1. The van der Waals surface area contributed by atoms with Gasteiger partial charge < -0.3 is 5.32 Å². The van der Waals surface area contributed by atoms with E-state index >= 15 is 0 Å². The number of carbonyl (C=O) groups is 1. The molecule has 1 aromatic carbocycles. The highest BCUT2D eigenvalue weighted by Gasteiger charge is 2.46. The fourth-order valence-corrected chi connectivity index (χ4v) is 2.83. The van der Waals surface area contributed by atoms with E-state index in [0.717, 1.165) is 6.42 Å². The lowest BCUT2D eigenvalue weighted by Gasteiger charge is -2.09. The average Bonchev–Trinajstić information content (AvgIpc) is 2.84. The maximum absolute atomic E-state index is 12.1. The zero-order valence-electron chi connectivity index (χ0n) is 11.0. The molecule has 0 heterocycles. The lowest BCUT2D eigenvalue weighted by molar-refractivity contribution is 0.0945. The molecule has 1 aliphatic carbocycles. The molecule has 1 aromatic rings. The van der Waals surface area contributed by atoms with Crippen molar-refractivity contribution in [2.24, 2.45) is 5.41 Å². The van der Waals surface area contributed by atoms with Crippen molar-refractivity contribution >= 4 is 25.6 Å². The Morgan fingerprint density at radius 2 is 2.00 bits per heavy atom. The first-order valence-corrected chi connectivity index (χ1v) is 8.28. The average molecular weight is 302 g/mol. The largest absolute Gasteiger partial charge is 0.349 e. The topological polar surface area (TPSA) is 63.2 Å². The summed E-state index contributed by atoms with van der Waals surface area (Å²) in [5.74, 6) is -0.174. The van der Waals surface area contributed by atoms with Crippen LogP contribution in [-0.2, 0) is 9.05 Å². The molecule has 0 radical (unpaired) electrons. The number of aryl methyl sites for hydroxylation is 1. The third-order valence-electron chi connectivity index (χ3n) is 3.54. The Labute approximate surface area is 117 Å². The van der Waals surface area contributed by atoms with Gasteiger partial charge in [-0.1, -0.05) is 13.8 Å². The van der Waals surface area contributed by atoms with Crippen LogP contribution >= 0.6 is 10.7 Å². The molecule has 1 amide bonds. The van der Waals surface area contributed by atoms with Crippen LogP contribution in [0.25, 0.3) is 0 Å². The van der Waals surface area contributed by atoms with E-state index in [1.807, 2.05) is 0 Å². The molecule has 104 valence electrons. The van der Waals surface area contributed by atoms with E-state index < -0.39 is 9.05 Å². The van der Waals surface area contributed by atoms with Crippen molar-refractivity contribution in [3.63, 3.8) is 0 Å². The summed E-state index contributed by atoms with van der Waals surface area (Å²) < 4.78 is 22.4. The van der Waals surface area contributed by atoms with Crippen LogP contribution in [0.5, 0.6) is 0 Å². The Balaban J connectivity index is 2.20. The molecule has 2 rings (SSSR count). The van der Waals surface area contributed by atoms with Crippen molar-refractivity contribution in [2.45, 2.75) is 38.1 Å². The summed E-state index contributed by atoms with van der Waals surface area (Å²) in [6.45, 7) is 5.88. The van der Waals surface area contributed by atoms with Crippen LogP contribution in [0.3, 0.4) is 0 Å². The van der Waals surface area contributed by atoms with E-state index in [-0.39, 0.29) is 22.3 Å². The third kappa shape index (κ3) is 3.09. The number of hydrogen-bond donors (Lipinski definition) is 1. The van der Waals surface area contributed by atoms with Gasteiger partial charge in [-0.25, -0.2) is 8.42 Å². The molecule has 1 unspecified atom stereocenters. The maximum Gasteiger partial charge on any atom is 0.261 e. The van der Waals surface area contributed by atoms with Crippen LogP contribution in [0.1, 0.15) is 36.2 Å². The standard InChI is InChI=1S/C13H16ClNO3S/c1-8-6-9(19(14,17)18)4-5-10(8)12(16)15-11-7-13(11,2)3/h4-6,11H,7H2,1-3H3,(H,15,16). The molecule has 4 nitrogen and oxygen atoms in total. The molecule has 1 atom stereocenters. The van der Waals surface area contributed by atoms with E-state index in [0.29, 0.717) is 11.1 Å². The van der Waals surface area contributed by atoms with Gasteiger partial charge in [0.25, 0.3) is 15.0 Å². The van der Waals surface area contributed by atoms with Crippen molar-refractivity contribution in [1.82, 2.24) is 5.32 Å². The Hall–Kier alpha value is -1.07. The molecule has 0 aromatic heterocycles. The molecule has 1 saturated carbocycles. The predicted octanol–water partition coefficient (Wildman–Crippen LogP) is 2.45. The fraction of sp³-hybridized carbons (Fsp3) is 0.462. The Bertz CT molecular complexity index is 637. The molecule has 0 bridgehead atoms. The van der Waals surface area contributed by atoms with Crippen LogP contribution in [0.15, 0.2) is 23.1 Å². The van der Waals surface area contributed by atoms with Crippen molar-refractivity contribution < 1.29 is 13.2 Å². The van der Waals surface area contributed by atoms with E-state index in [1.54, 1.807) is 6.92 Å². The van der Waals surface area contributed by atoms with Gasteiger partial charge in [-0.2, -0.15) is 0 Å². The van der Waals surface area contributed by atoms with Crippen molar-refractivity contribution in [3.05, 3.63) is 29.3 Å². The number of hydrogen-bond acceptors (Lipinski definition) is 3. The Morgan fingerprint density at radius 1 is 1.42 bits per heavy atom. The highest BCUT2D eigenvalue weighted by Crippen LogP contribution is 2.44. The van der Waals surface area contributed by atoms with Crippen LogP contribution in [0.4, 0.5) is 0 Å². The summed E-state index contributed by atoms with van der Waals surface area (Å²) in [6, 6.07) is 4.45. The summed E-state index contributed by atoms with van der Waals surface area (Å²) in [5.41, 5.74) is 1.23. The molecule has 19 heavy (non-hydrogen) atoms. The van der Waals surface area contributed by atoms with Gasteiger partial charge in [0.2, 0.25) is 0 Å². The monoisotopic (exact) mass is 301 g/mol. The van der Waals surface area contributed by atoms with Gasteiger partial charge >= 0.3 is 0 Å². The molecule has 6 heteroatoms. The Morgan fingerprint density at radius 3 is 2.42 bits per heavy atom. The van der Waals surface area contributed by atoms with Crippen molar-refractivity contribution in [3.8, 4) is 0 Å². The van der Waals surface area contributed by atoms with Gasteiger partial charge in [-0.05, 0) is 42.5 Å². The SMILES string of the molecule is Cc1cc(S(=O)(=O)Cl)ccc1C(=O)NC1CC1(C)C. The normalized spacial score (nSPS) is 20.9. The minimum absolute atomic E-state index is 0.00923. The quantitative estimate of drug-likeness (QED) is 0.872. The third-order valence-corrected chi connectivity index (χ3v) is 4.89. The molecular formula is C13H16ClNO3S. The molecule has 0 spiro atoms. The summed E-state index contributed by atoms with van der Waals surface area (Å²) in [4.78, 5) is 12.1. The highest BCUT2D eigenvalue weighted by molar-refractivity contribution is 8.13. The van der Waals surface area contributed by atoms with Crippen molar-refractivity contribution in [2.75, 3.05) is 0 Å². The molecule has 1 aliphatic rings. The summed E-state index contributed by atoms with van der Waals surface area (Å²) >= 11 is 0. The highest BCUT2D eigenvalue weighted by atomic mass is 35.7. The van der Waals surface area contributed by atoms with Gasteiger partial charge in [0.1, 0.15) is 0 Å². The van der Waals surface area contributed by atoms with E-state index in [2.05, 4.69) is 19.2 Å². The van der Waals surface area contributed by atoms with Crippen molar-refractivity contribution in [1.29, 1.82) is 0 Å². The fourth-order valence-electron chi connectivity index (χ4n) is 1.99. The Kier molecular flexibility index (Phi) is 3.39. The first-order chi connectivity index (χ1) is 8.61. The zero-order valence-corrected chi connectivity index (χ0v) is 12.6. The number of carbonyl (C=O) groups excluding carboxylic acids is 1. The minimum atomic E-state index is -3.76. The van der Waals surface area contributed by atoms with E-state index in [9.17, 15) is 13.2 Å². The molecule has 0 aliphatic heterocycles. The lowest BCUT2D eigenvalue weighted by Crippen LogP contribution is -2.28. The van der Waals surface area contributed by atoms with Gasteiger partial charge in [-0.15, -0.1) is 0 Å². The molecule has 1 fully saturated rings. The van der Waals surface area contributed by atoms with Crippen LogP contribution in [0.2, 0.25) is 0 Å². The lowest BCUT2D eigenvalue weighted by atomic mass is 10.1. The van der Waals surface area contributed by atoms with Gasteiger partial charge in [0.15, 0.2) is 0 Å². The van der Waals surface area contributed by atoms with Gasteiger partial charge in [0.05, 0.1) is 4.90 Å². The van der Waals surface area contributed by atoms with Crippen LogP contribution in [0, 0.1) is 12.3 Å². The number of benzene rings is 1. The first-order valence-electron chi connectivity index (χ1n) is 5.97. The summed E-state index contributed by atoms with van der Waals surface area (Å²) in [6.07, 6.45) is 0.964. The second-order valence-corrected chi connectivity index (χ2v) is 8.20. The first kappa shape index (κ1) is 14.3. The number of rotatable bonds is 3. The van der Waals surface area contributed by atoms with Gasteiger partial charge in [0, 0.05) is 22.3 Å². The minimum Gasteiger partial charge on any atom is -0.349 e. The van der Waals surface area contributed by atoms with E-state index in [4.69, 9.17) is 10.7 Å². The number of amides is 1. The number of nitrogens with one attached hydrogen (secondary N) is 1. The van der Waals surface area contributed by atoms with Crippen LogP contribution < -0.4 is 5.32 Å². The zero-order chi connectivity index (χ0) is 14.4. The summed E-state index contributed by atoms with van der Waals surface area (Å²) in [5, 5.41) is 2.94. The molecule has 0 saturated heterocycles.